The van der Waals surface area contributed by atoms with Gasteiger partial charge in [-0.1, -0.05) is 0 Å². The van der Waals surface area contributed by atoms with Gasteiger partial charge in [0.15, 0.2) is 0 Å². The average molecular weight is 235 g/mol. The molecule has 4 nitrogen and oxygen atoms in total. The van der Waals surface area contributed by atoms with E-state index in [0.717, 1.165) is 6.42 Å². The lowest BCUT2D eigenvalue weighted by molar-refractivity contribution is 0.159. The number of anilines is 1. The number of nitrogen functional groups attached to an aromatic ring is 1. The maximum atomic E-state index is 13.9. The van der Waals surface area contributed by atoms with E-state index in [1.165, 1.54) is 6.07 Å². The van der Waals surface area contributed by atoms with Gasteiger partial charge in [-0.3, -0.25) is 4.99 Å². The first kappa shape index (κ1) is 10.5. The first-order chi connectivity index (χ1) is 8.12. The molecule has 1 saturated carbocycles. The number of nitrogens with zero attached hydrogens (tertiary/aromatic N) is 1. The Kier molecular flexibility index (Phi) is 2.13. The average Bonchev–Trinajstić information content (AvgIpc) is 2.96. The number of aliphatic imine (C=N–C) groups is 1. The number of benzene rings is 1. The van der Waals surface area contributed by atoms with Gasteiger partial charge < -0.3 is 16.2 Å². The second-order valence-corrected chi connectivity index (χ2v) is 4.68. The molecule has 2 unspecified atom stereocenters. The molecule has 1 heterocycles. The van der Waals surface area contributed by atoms with E-state index in [1.54, 1.807) is 12.1 Å². The lowest BCUT2D eigenvalue weighted by atomic mass is 10.0. The van der Waals surface area contributed by atoms with Crippen molar-refractivity contribution in [2.45, 2.75) is 12.0 Å². The van der Waals surface area contributed by atoms with Crippen molar-refractivity contribution in [1.82, 2.24) is 0 Å². The fraction of sp³-hybridized carbons (Fsp3) is 0.417. The molecular weight excluding hydrogens is 221 g/mol. The largest absolute Gasteiger partial charge is 0.399 e. The van der Waals surface area contributed by atoms with Gasteiger partial charge in [-0.05, 0) is 24.6 Å². The third kappa shape index (κ3) is 1.58. The summed E-state index contributed by atoms with van der Waals surface area (Å²) in [6.45, 7) is 0.890. The van der Waals surface area contributed by atoms with E-state index in [4.69, 9.17) is 16.2 Å². The van der Waals surface area contributed by atoms with Gasteiger partial charge in [0.1, 0.15) is 18.3 Å². The molecular formula is C12H14FN3O. The monoisotopic (exact) mass is 235 g/mol. The zero-order chi connectivity index (χ0) is 12.0. The Bertz CT molecular complexity index is 503. The maximum Gasteiger partial charge on any atom is 0.129 e. The van der Waals surface area contributed by atoms with E-state index in [-0.39, 0.29) is 11.7 Å². The van der Waals surface area contributed by atoms with Crippen LogP contribution in [0.1, 0.15) is 12.0 Å². The Morgan fingerprint density at radius 1 is 1.41 bits per heavy atom. The number of ether oxygens (including phenoxy) is 1. The van der Waals surface area contributed by atoms with Crippen LogP contribution in [0.2, 0.25) is 0 Å². The van der Waals surface area contributed by atoms with Crippen LogP contribution in [0.5, 0.6) is 0 Å². The topological polar surface area (TPSA) is 73.6 Å². The molecule has 90 valence electrons. The minimum absolute atomic E-state index is 0.208. The normalized spacial score (nSPS) is 31.4. The van der Waals surface area contributed by atoms with Crippen LogP contribution in [-0.4, -0.2) is 19.0 Å². The molecule has 2 aliphatic rings. The van der Waals surface area contributed by atoms with Crippen LogP contribution in [0.25, 0.3) is 0 Å². The molecule has 0 spiro atoms. The molecule has 1 aromatic carbocycles. The van der Waals surface area contributed by atoms with Crippen LogP contribution in [0, 0.1) is 11.7 Å². The Labute approximate surface area is 98.5 Å². The number of amidine groups is 1. The summed E-state index contributed by atoms with van der Waals surface area (Å²) in [5.41, 5.74) is 12.0. The summed E-state index contributed by atoms with van der Waals surface area (Å²) in [6, 6.07) is 4.58. The molecule has 2 atom stereocenters. The maximum absolute atomic E-state index is 13.9. The lowest BCUT2D eigenvalue weighted by Gasteiger charge is -2.14. The zero-order valence-corrected chi connectivity index (χ0v) is 9.32. The predicted molar refractivity (Wildman–Crippen MR) is 63.0 cm³/mol. The standard InChI is InChI=1S/C12H14FN3O/c13-10-2-1-8(14)3-9(10)12-4-7(12)5-17-6-11(15)16-12/h1-3,7H,4-6,14H2,(H2,15,16). The number of fused-ring (bicyclic) bond motifs is 1. The molecule has 3 rings (SSSR count). The molecule has 5 heteroatoms. The number of halogens is 1. The summed E-state index contributed by atoms with van der Waals surface area (Å²) in [5, 5.41) is 0. The number of rotatable bonds is 1. The molecule has 1 fully saturated rings. The molecule has 0 bridgehead atoms. The Hall–Kier alpha value is -1.62. The van der Waals surface area contributed by atoms with E-state index in [2.05, 4.69) is 4.99 Å². The first-order valence-electron chi connectivity index (χ1n) is 5.59. The quantitative estimate of drug-likeness (QED) is 0.713. The predicted octanol–water partition coefficient (Wildman–Crippen LogP) is 1.01. The summed E-state index contributed by atoms with van der Waals surface area (Å²) in [6.07, 6.45) is 0.772. The Morgan fingerprint density at radius 3 is 3.06 bits per heavy atom. The van der Waals surface area contributed by atoms with Crippen LogP contribution in [0.3, 0.4) is 0 Å². The number of nitrogens with two attached hydrogens (primary N) is 2. The van der Waals surface area contributed by atoms with Crippen molar-refractivity contribution in [2.24, 2.45) is 16.6 Å². The summed E-state index contributed by atoms with van der Waals surface area (Å²) in [4.78, 5) is 4.43. The highest BCUT2D eigenvalue weighted by molar-refractivity contribution is 5.82. The van der Waals surface area contributed by atoms with Crippen molar-refractivity contribution in [3.63, 3.8) is 0 Å². The Balaban J connectivity index is 2.09. The fourth-order valence-corrected chi connectivity index (χ4v) is 2.51. The second kappa shape index (κ2) is 3.43. The van der Waals surface area contributed by atoms with E-state index in [0.29, 0.717) is 30.3 Å². The van der Waals surface area contributed by atoms with Gasteiger partial charge in [-0.15, -0.1) is 0 Å². The van der Waals surface area contributed by atoms with Crippen LogP contribution < -0.4 is 11.5 Å². The van der Waals surface area contributed by atoms with E-state index in [9.17, 15) is 4.39 Å². The first-order valence-corrected chi connectivity index (χ1v) is 5.59. The van der Waals surface area contributed by atoms with Gasteiger partial charge in [0.05, 0.1) is 12.1 Å². The van der Waals surface area contributed by atoms with E-state index < -0.39 is 5.54 Å². The van der Waals surface area contributed by atoms with Crippen molar-refractivity contribution in [1.29, 1.82) is 0 Å². The molecule has 1 aliphatic heterocycles. The molecule has 0 amide bonds. The molecule has 0 aromatic heterocycles. The molecule has 1 aliphatic carbocycles. The van der Waals surface area contributed by atoms with Gasteiger partial charge >= 0.3 is 0 Å². The van der Waals surface area contributed by atoms with Gasteiger partial charge in [-0.2, -0.15) is 0 Å². The van der Waals surface area contributed by atoms with E-state index in [1.807, 2.05) is 0 Å². The summed E-state index contributed by atoms with van der Waals surface area (Å²) in [7, 11) is 0. The summed E-state index contributed by atoms with van der Waals surface area (Å²) >= 11 is 0. The van der Waals surface area contributed by atoms with Crippen LogP contribution in [0.4, 0.5) is 10.1 Å². The SMILES string of the molecule is NC1=NC2(c3cc(N)ccc3F)CC2COC1. The van der Waals surface area contributed by atoms with E-state index >= 15 is 0 Å². The van der Waals surface area contributed by atoms with Crippen LogP contribution in [0.15, 0.2) is 23.2 Å². The lowest BCUT2D eigenvalue weighted by Crippen LogP contribution is -2.20. The minimum atomic E-state index is -0.542. The van der Waals surface area contributed by atoms with Crippen molar-refractivity contribution in [3.05, 3.63) is 29.6 Å². The third-order valence-electron chi connectivity index (χ3n) is 3.44. The van der Waals surface area contributed by atoms with Crippen molar-refractivity contribution in [3.8, 4) is 0 Å². The van der Waals surface area contributed by atoms with Crippen molar-refractivity contribution < 1.29 is 9.13 Å². The molecule has 0 saturated heterocycles. The van der Waals surface area contributed by atoms with Crippen molar-refractivity contribution in [2.75, 3.05) is 18.9 Å². The zero-order valence-electron chi connectivity index (χ0n) is 9.32. The number of hydrogen-bond acceptors (Lipinski definition) is 4. The molecule has 4 N–H and O–H groups in total. The van der Waals surface area contributed by atoms with Gasteiger partial charge in [0, 0.05) is 17.2 Å². The summed E-state index contributed by atoms with van der Waals surface area (Å²) in [5.74, 6) is 0.354. The van der Waals surface area contributed by atoms with Crippen LogP contribution >= 0.6 is 0 Å². The van der Waals surface area contributed by atoms with Gasteiger partial charge in [0.25, 0.3) is 0 Å². The molecule has 1 aromatic rings. The number of hydrogen-bond donors (Lipinski definition) is 2. The smallest absolute Gasteiger partial charge is 0.129 e. The Morgan fingerprint density at radius 2 is 2.24 bits per heavy atom. The highest BCUT2D eigenvalue weighted by Gasteiger charge is 2.58. The minimum Gasteiger partial charge on any atom is -0.399 e. The second-order valence-electron chi connectivity index (χ2n) is 4.68. The van der Waals surface area contributed by atoms with Crippen LogP contribution in [-0.2, 0) is 10.3 Å². The van der Waals surface area contributed by atoms with Crippen molar-refractivity contribution >= 4 is 11.5 Å². The van der Waals surface area contributed by atoms with Gasteiger partial charge in [-0.25, -0.2) is 4.39 Å². The highest BCUT2D eigenvalue weighted by atomic mass is 19.1. The third-order valence-corrected chi connectivity index (χ3v) is 3.44. The van der Waals surface area contributed by atoms with Gasteiger partial charge in [0.2, 0.25) is 0 Å². The highest BCUT2D eigenvalue weighted by Crippen LogP contribution is 2.57. The molecule has 17 heavy (non-hydrogen) atoms. The fourth-order valence-electron chi connectivity index (χ4n) is 2.51. The summed E-state index contributed by atoms with van der Waals surface area (Å²) < 4.78 is 19.2. The molecule has 0 radical (unpaired) electrons.